The second-order valence-electron chi connectivity index (χ2n) is 6.57. The van der Waals surface area contributed by atoms with Gasteiger partial charge in [-0.15, -0.1) is 0 Å². The molecule has 1 aromatic heterocycles. The summed E-state index contributed by atoms with van der Waals surface area (Å²) >= 11 is 0. The maximum Gasteiger partial charge on any atom is 0.141 e. The number of pyridine rings is 1. The lowest BCUT2D eigenvalue weighted by Crippen LogP contribution is -2.47. The molecule has 0 aliphatic carbocycles. The van der Waals surface area contributed by atoms with Crippen LogP contribution in [0.25, 0.3) is 5.57 Å². The molecule has 0 saturated carbocycles. The Balaban J connectivity index is 1.59. The zero-order chi connectivity index (χ0) is 15.6. The molecule has 3 heteroatoms. The highest BCUT2D eigenvalue weighted by atomic mass is 19.1. The van der Waals surface area contributed by atoms with E-state index in [4.69, 9.17) is 0 Å². The number of rotatable bonds is 3. The van der Waals surface area contributed by atoms with Crippen molar-refractivity contribution in [1.29, 1.82) is 0 Å². The Bertz CT molecular complexity index is 693. The third kappa shape index (κ3) is 3.06. The van der Waals surface area contributed by atoms with Crippen molar-refractivity contribution in [3.63, 3.8) is 0 Å². The number of fused-ring (bicyclic) bond motifs is 2. The van der Waals surface area contributed by atoms with Crippen LogP contribution < -0.4 is 0 Å². The monoisotopic (exact) mass is 308 g/mol. The number of piperidine rings is 1. The van der Waals surface area contributed by atoms with Gasteiger partial charge in [-0.1, -0.05) is 42.8 Å². The minimum Gasteiger partial charge on any atom is -0.289 e. The van der Waals surface area contributed by atoms with Gasteiger partial charge < -0.3 is 0 Å². The van der Waals surface area contributed by atoms with E-state index in [0.717, 1.165) is 18.7 Å². The molecular weight excluding hydrogens is 287 g/mol. The average Bonchev–Trinajstić information content (AvgIpc) is 2.56. The van der Waals surface area contributed by atoms with Crippen molar-refractivity contribution >= 4 is 5.57 Å². The van der Waals surface area contributed by atoms with E-state index in [1.807, 2.05) is 6.07 Å². The summed E-state index contributed by atoms with van der Waals surface area (Å²) in [6, 6.07) is 15.1. The van der Waals surface area contributed by atoms with Gasteiger partial charge in [-0.05, 0) is 42.5 Å². The fourth-order valence-corrected chi connectivity index (χ4v) is 3.91. The van der Waals surface area contributed by atoms with Crippen molar-refractivity contribution in [2.75, 3.05) is 0 Å². The first-order valence-corrected chi connectivity index (χ1v) is 8.42. The van der Waals surface area contributed by atoms with Gasteiger partial charge >= 0.3 is 0 Å². The Kier molecular flexibility index (Phi) is 3.96. The van der Waals surface area contributed by atoms with Gasteiger partial charge in [0.2, 0.25) is 0 Å². The lowest BCUT2D eigenvalue weighted by atomic mass is 9.83. The smallest absolute Gasteiger partial charge is 0.141 e. The fourth-order valence-electron chi connectivity index (χ4n) is 3.91. The molecule has 2 atom stereocenters. The topological polar surface area (TPSA) is 16.1 Å². The second kappa shape index (κ2) is 6.25. The Labute approximate surface area is 136 Å². The summed E-state index contributed by atoms with van der Waals surface area (Å²) in [5, 5.41) is 0. The zero-order valence-electron chi connectivity index (χ0n) is 13.2. The number of nitrogens with zero attached hydrogens (tertiary/aromatic N) is 2. The van der Waals surface area contributed by atoms with E-state index >= 15 is 0 Å². The third-order valence-electron chi connectivity index (χ3n) is 5.05. The standard InChI is InChI=1S/C20H21FN2/c21-17-9-10-20(22-13-17)16-11-18-7-4-8-19(12-16)23(18)14-15-5-2-1-3-6-15/h1-3,5-6,9-11,13,18-19H,4,7-8,12,14H2. The second-order valence-corrected chi connectivity index (χ2v) is 6.57. The first-order valence-electron chi connectivity index (χ1n) is 8.42. The summed E-state index contributed by atoms with van der Waals surface area (Å²) in [6.45, 7) is 1.01. The molecule has 0 amide bonds. The molecule has 0 radical (unpaired) electrons. The molecule has 2 aromatic rings. The molecule has 1 saturated heterocycles. The highest BCUT2D eigenvalue weighted by Crippen LogP contribution is 2.37. The van der Waals surface area contributed by atoms with Crippen molar-refractivity contribution in [3.05, 3.63) is 71.8 Å². The number of hydrogen-bond donors (Lipinski definition) is 0. The normalized spacial score (nSPS) is 24.3. The Morgan fingerprint density at radius 1 is 1.09 bits per heavy atom. The van der Waals surface area contributed by atoms with E-state index in [1.54, 1.807) is 0 Å². The Hall–Kier alpha value is -2.00. The maximum atomic E-state index is 13.1. The molecule has 4 rings (SSSR count). The van der Waals surface area contributed by atoms with Crippen molar-refractivity contribution in [2.45, 2.75) is 44.3 Å². The lowest BCUT2D eigenvalue weighted by Gasteiger charge is -2.45. The fraction of sp³-hybridized carbons (Fsp3) is 0.350. The molecule has 2 unspecified atom stereocenters. The van der Waals surface area contributed by atoms with Gasteiger partial charge in [0.25, 0.3) is 0 Å². The molecule has 2 aliphatic heterocycles. The Morgan fingerprint density at radius 3 is 2.70 bits per heavy atom. The molecule has 2 aliphatic rings. The summed E-state index contributed by atoms with van der Waals surface area (Å²) in [7, 11) is 0. The van der Waals surface area contributed by atoms with Gasteiger partial charge in [-0.2, -0.15) is 0 Å². The molecule has 23 heavy (non-hydrogen) atoms. The molecule has 1 fully saturated rings. The highest BCUT2D eigenvalue weighted by Gasteiger charge is 2.34. The molecule has 3 heterocycles. The van der Waals surface area contributed by atoms with Crippen molar-refractivity contribution < 1.29 is 4.39 Å². The molecule has 2 nitrogen and oxygen atoms in total. The summed E-state index contributed by atoms with van der Waals surface area (Å²) in [5.41, 5.74) is 3.59. The van der Waals surface area contributed by atoms with Crippen LogP contribution in [-0.4, -0.2) is 22.0 Å². The van der Waals surface area contributed by atoms with Gasteiger partial charge in [0, 0.05) is 18.6 Å². The van der Waals surface area contributed by atoms with Crippen molar-refractivity contribution in [1.82, 2.24) is 9.88 Å². The highest BCUT2D eigenvalue weighted by molar-refractivity contribution is 5.65. The van der Waals surface area contributed by atoms with Crippen LogP contribution in [-0.2, 0) is 6.54 Å². The number of aromatic nitrogens is 1. The summed E-state index contributed by atoms with van der Waals surface area (Å²) < 4.78 is 13.1. The minimum absolute atomic E-state index is 0.268. The van der Waals surface area contributed by atoms with Crippen LogP contribution in [0.5, 0.6) is 0 Å². The average molecular weight is 308 g/mol. The summed E-state index contributed by atoms with van der Waals surface area (Å²) in [5.74, 6) is -0.268. The predicted molar refractivity (Wildman–Crippen MR) is 90.2 cm³/mol. The summed E-state index contributed by atoms with van der Waals surface area (Å²) in [6.07, 6.45) is 8.43. The number of benzene rings is 1. The molecule has 1 aromatic carbocycles. The van der Waals surface area contributed by atoms with Crippen LogP contribution in [0.1, 0.15) is 36.9 Å². The molecular formula is C20H21FN2. The zero-order valence-corrected chi connectivity index (χ0v) is 13.2. The first kappa shape index (κ1) is 14.6. The van der Waals surface area contributed by atoms with E-state index in [0.29, 0.717) is 12.1 Å². The van der Waals surface area contributed by atoms with Crippen LogP contribution in [0, 0.1) is 5.82 Å². The van der Waals surface area contributed by atoms with Gasteiger partial charge in [0.15, 0.2) is 0 Å². The van der Waals surface area contributed by atoms with Crippen LogP contribution in [0.15, 0.2) is 54.7 Å². The van der Waals surface area contributed by atoms with Crippen LogP contribution in [0.2, 0.25) is 0 Å². The molecule has 118 valence electrons. The molecule has 2 bridgehead atoms. The van der Waals surface area contributed by atoms with Crippen LogP contribution in [0.4, 0.5) is 4.39 Å². The van der Waals surface area contributed by atoms with E-state index in [2.05, 4.69) is 46.3 Å². The first-order chi connectivity index (χ1) is 11.3. The lowest BCUT2D eigenvalue weighted by molar-refractivity contribution is 0.0950. The van der Waals surface area contributed by atoms with Gasteiger partial charge in [-0.3, -0.25) is 9.88 Å². The van der Waals surface area contributed by atoms with E-state index in [9.17, 15) is 4.39 Å². The van der Waals surface area contributed by atoms with E-state index in [-0.39, 0.29) is 5.82 Å². The van der Waals surface area contributed by atoms with Crippen molar-refractivity contribution in [3.8, 4) is 0 Å². The van der Waals surface area contributed by atoms with Gasteiger partial charge in [0.05, 0.1) is 11.9 Å². The quantitative estimate of drug-likeness (QED) is 0.834. The number of hydrogen-bond acceptors (Lipinski definition) is 2. The van der Waals surface area contributed by atoms with E-state index in [1.165, 1.54) is 42.7 Å². The minimum atomic E-state index is -0.268. The van der Waals surface area contributed by atoms with E-state index < -0.39 is 0 Å². The van der Waals surface area contributed by atoms with Gasteiger partial charge in [-0.25, -0.2) is 4.39 Å². The molecule has 0 N–H and O–H groups in total. The van der Waals surface area contributed by atoms with Gasteiger partial charge in [0.1, 0.15) is 5.82 Å². The largest absolute Gasteiger partial charge is 0.289 e. The Morgan fingerprint density at radius 2 is 1.96 bits per heavy atom. The van der Waals surface area contributed by atoms with Crippen molar-refractivity contribution in [2.24, 2.45) is 0 Å². The van der Waals surface area contributed by atoms with Crippen LogP contribution >= 0.6 is 0 Å². The van der Waals surface area contributed by atoms with Crippen LogP contribution in [0.3, 0.4) is 0 Å². The summed E-state index contributed by atoms with van der Waals surface area (Å²) in [4.78, 5) is 6.91. The molecule has 0 spiro atoms. The third-order valence-corrected chi connectivity index (χ3v) is 5.05. The maximum absolute atomic E-state index is 13.1. The SMILES string of the molecule is Fc1ccc(C2=CC3CCCC(C2)N3Cc2ccccc2)nc1. The predicted octanol–water partition coefficient (Wildman–Crippen LogP) is 4.43. The number of halogens is 1.